The lowest BCUT2D eigenvalue weighted by molar-refractivity contribution is 0.171. The number of phenolic OH excluding ortho intramolecular Hbond substituents is 1. The molecule has 3 aromatic rings. The second-order valence-electron chi connectivity index (χ2n) is 8.71. The molecule has 6 rings (SSSR count). The summed E-state index contributed by atoms with van der Waals surface area (Å²) >= 11 is 0. The summed E-state index contributed by atoms with van der Waals surface area (Å²) in [5.74, 6) is 1.85. The molecule has 33 heavy (non-hydrogen) atoms. The number of pyridine rings is 1. The Morgan fingerprint density at radius 3 is 2.82 bits per heavy atom. The number of nitrogens with one attached hydrogen (secondary N) is 1. The molecule has 1 aromatic carbocycles. The minimum atomic E-state index is -0.961. The predicted molar refractivity (Wildman–Crippen MR) is 118 cm³/mol. The van der Waals surface area contributed by atoms with Crippen molar-refractivity contribution in [2.45, 2.75) is 43.6 Å². The van der Waals surface area contributed by atoms with Crippen LogP contribution in [0.5, 0.6) is 17.4 Å². The Labute approximate surface area is 189 Å². The zero-order valence-electron chi connectivity index (χ0n) is 18.0. The largest absolute Gasteiger partial charge is 0.507 e. The Kier molecular flexibility index (Phi) is 4.75. The van der Waals surface area contributed by atoms with Gasteiger partial charge in [-0.15, -0.1) is 10.2 Å². The summed E-state index contributed by atoms with van der Waals surface area (Å²) in [5, 5.41) is 22.4. The molecule has 4 atom stereocenters. The molecule has 2 N–H and O–H groups in total. The van der Waals surface area contributed by atoms with Gasteiger partial charge in [-0.3, -0.25) is 0 Å². The van der Waals surface area contributed by atoms with Crippen LogP contribution in [-0.2, 0) is 0 Å². The van der Waals surface area contributed by atoms with Gasteiger partial charge in [0.2, 0.25) is 6.79 Å². The maximum atomic E-state index is 14.9. The molecule has 170 valence electrons. The number of ether oxygens (including phenoxy) is 2. The topological polar surface area (TPSA) is 106 Å². The summed E-state index contributed by atoms with van der Waals surface area (Å²) in [6.45, 7) is 0.149. The molecule has 0 radical (unpaired) electrons. The Bertz CT molecular complexity index is 1190. The molecule has 5 heterocycles. The fourth-order valence-corrected chi connectivity index (χ4v) is 4.92. The van der Waals surface area contributed by atoms with Crippen LogP contribution in [0.25, 0.3) is 22.5 Å². The zero-order chi connectivity index (χ0) is 22.5. The highest BCUT2D eigenvalue weighted by molar-refractivity contribution is 5.73. The van der Waals surface area contributed by atoms with Gasteiger partial charge in [0.1, 0.15) is 11.9 Å². The molecule has 0 amide bonds. The Hall–Kier alpha value is -3.53. The van der Waals surface area contributed by atoms with Crippen molar-refractivity contribution in [2.75, 3.05) is 18.7 Å². The molecule has 0 aliphatic carbocycles. The molecule has 9 nitrogen and oxygen atoms in total. The van der Waals surface area contributed by atoms with Crippen LogP contribution < -0.4 is 19.7 Å². The highest BCUT2D eigenvalue weighted by Crippen LogP contribution is 2.37. The van der Waals surface area contributed by atoms with Crippen molar-refractivity contribution in [3.63, 3.8) is 0 Å². The van der Waals surface area contributed by atoms with Crippen LogP contribution in [0.1, 0.15) is 19.3 Å². The first kappa shape index (κ1) is 20.1. The van der Waals surface area contributed by atoms with Gasteiger partial charge in [-0.1, -0.05) is 6.07 Å². The first-order valence-corrected chi connectivity index (χ1v) is 11.0. The number of benzene rings is 1. The first-order chi connectivity index (χ1) is 16.1. The normalized spacial score (nSPS) is 25.3. The minimum Gasteiger partial charge on any atom is -0.507 e. The smallest absolute Gasteiger partial charge is 0.260 e. The van der Waals surface area contributed by atoms with Crippen molar-refractivity contribution in [1.82, 2.24) is 25.5 Å². The van der Waals surface area contributed by atoms with Crippen LogP contribution in [0.4, 0.5) is 10.2 Å². The summed E-state index contributed by atoms with van der Waals surface area (Å²) in [4.78, 5) is 10.5. The van der Waals surface area contributed by atoms with Gasteiger partial charge >= 0.3 is 0 Å². The molecule has 2 bridgehead atoms. The molecule has 10 heteroatoms. The van der Waals surface area contributed by atoms with Crippen LogP contribution in [0.15, 0.2) is 36.7 Å². The predicted octanol–water partition coefficient (Wildman–Crippen LogP) is 2.70. The third-order valence-corrected chi connectivity index (χ3v) is 6.76. The molecule has 2 aromatic heterocycles. The summed E-state index contributed by atoms with van der Waals surface area (Å²) < 4.78 is 25.5. The molecule has 2 saturated heterocycles. The SMILES string of the molecule is CN(c1cnc(-c2ccc(-c3cnc4c(c3)OCO4)cc2O)nn1)[C@H]1C[C@@H]2CC[C@@H](N2)[C@H]1F. The van der Waals surface area contributed by atoms with Gasteiger partial charge in [0, 0.05) is 30.9 Å². The number of phenols is 1. The number of fused-ring (bicyclic) bond motifs is 3. The van der Waals surface area contributed by atoms with Crippen molar-refractivity contribution in [1.29, 1.82) is 0 Å². The molecule has 0 saturated carbocycles. The lowest BCUT2D eigenvalue weighted by atomic mass is 9.96. The minimum absolute atomic E-state index is 0.0202. The molecule has 0 spiro atoms. The van der Waals surface area contributed by atoms with Crippen molar-refractivity contribution >= 4 is 5.82 Å². The number of alkyl halides is 1. The number of aromatic hydroxyl groups is 1. The number of nitrogens with zero attached hydrogens (tertiary/aromatic N) is 5. The Morgan fingerprint density at radius 1 is 1.09 bits per heavy atom. The van der Waals surface area contributed by atoms with Crippen LogP contribution in [0, 0.1) is 0 Å². The van der Waals surface area contributed by atoms with E-state index in [2.05, 4.69) is 25.5 Å². The van der Waals surface area contributed by atoms with Crippen molar-refractivity contribution in [3.05, 3.63) is 36.7 Å². The maximum absolute atomic E-state index is 14.9. The number of piperidine rings is 1. The van der Waals surface area contributed by atoms with E-state index in [1.165, 1.54) is 0 Å². The highest BCUT2D eigenvalue weighted by Gasteiger charge is 2.44. The number of halogens is 1. The van der Waals surface area contributed by atoms with Crippen LogP contribution in [0.3, 0.4) is 0 Å². The Balaban J connectivity index is 1.22. The molecule has 0 unspecified atom stereocenters. The molecule has 2 fully saturated rings. The maximum Gasteiger partial charge on any atom is 0.260 e. The number of aromatic nitrogens is 4. The van der Waals surface area contributed by atoms with Crippen molar-refractivity contribution in [3.8, 4) is 39.9 Å². The van der Waals surface area contributed by atoms with E-state index in [9.17, 15) is 9.50 Å². The van der Waals surface area contributed by atoms with E-state index < -0.39 is 6.17 Å². The van der Waals surface area contributed by atoms with Crippen LogP contribution in [-0.4, -0.2) is 63.4 Å². The average molecular weight is 450 g/mol. The first-order valence-electron chi connectivity index (χ1n) is 11.0. The van der Waals surface area contributed by atoms with Gasteiger partial charge in [0.15, 0.2) is 17.4 Å². The van der Waals surface area contributed by atoms with E-state index >= 15 is 0 Å². The molecule has 3 aliphatic heterocycles. The van der Waals surface area contributed by atoms with Gasteiger partial charge in [0.25, 0.3) is 5.88 Å². The van der Waals surface area contributed by atoms with E-state index in [4.69, 9.17) is 9.47 Å². The second kappa shape index (κ2) is 7.80. The van der Waals surface area contributed by atoms with E-state index in [1.807, 2.05) is 24.1 Å². The van der Waals surface area contributed by atoms with Crippen molar-refractivity contribution < 1.29 is 19.0 Å². The number of anilines is 1. The van der Waals surface area contributed by atoms with E-state index in [0.29, 0.717) is 34.9 Å². The summed E-state index contributed by atoms with van der Waals surface area (Å²) in [6, 6.07) is 7.02. The molecule has 3 aliphatic rings. The molecular formula is C23H23FN6O3. The van der Waals surface area contributed by atoms with Crippen LogP contribution >= 0.6 is 0 Å². The third-order valence-electron chi connectivity index (χ3n) is 6.76. The zero-order valence-corrected chi connectivity index (χ0v) is 18.0. The second-order valence-corrected chi connectivity index (χ2v) is 8.71. The number of hydrogen-bond acceptors (Lipinski definition) is 9. The van der Waals surface area contributed by atoms with E-state index in [1.54, 1.807) is 24.5 Å². The highest BCUT2D eigenvalue weighted by atomic mass is 19.1. The van der Waals surface area contributed by atoms with Gasteiger partial charge in [-0.2, -0.15) is 0 Å². The quantitative estimate of drug-likeness (QED) is 0.621. The van der Waals surface area contributed by atoms with Gasteiger partial charge in [0.05, 0.1) is 17.8 Å². The fraction of sp³-hybridized carbons (Fsp3) is 0.391. The summed E-state index contributed by atoms with van der Waals surface area (Å²) in [5.41, 5.74) is 2.01. The monoisotopic (exact) mass is 450 g/mol. The lowest BCUT2D eigenvalue weighted by Crippen LogP contribution is -2.55. The number of hydrogen-bond donors (Lipinski definition) is 2. The average Bonchev–Trinajstić information content (AvgIpc) is 3.48. The fourth-order valence-electron chi connectivity index (χ4n) is 4.92. The third kappa shape index (κ3) is 3.50. The lowest BCUT2D eigenvalue weighted by Gasteiger charge is -2.38. The Morgan fingerprint density at radius 2 is 2.00 bits per heavy atom. The molecular weight excluding hydrogens is 427 g/mol. The van der Waals surface area contributed by atoms with Gasteiger partial charge in [-0.25, -0.2) is 14.4 Å². The van der Waals surface area contributed by atoms with E-state index in [-0.39, 0.29) is 24.6 Å². The number of rotatable bonds is 4. The van der Waals surface area contributed by atoms with Crippen LogP contribution in [0.2, 0.25) is 0 Å². The van der Waals surface area contributed by atoms with Gasteiger partial charge < -0.3 is 24.8 Å². The standard InChI is InChI=1S/C23H23FN6O3/c1-30(17-8-14-3-5-16(27-14)21(17)24)20-10-25-22(29-28-20)15-4-2-12(6-18(15)31)13-7-19-23(26-9-13)33-11-32-19/h2,4,6-7,9-10,14,16-17,21,27,31H,3,5,8,11H2,1H3/t14-,16+,17-,21+/m0/s1. The van der Waals surface area contributed by atoms with Crippen molar-refractivity contribution in [2.24, 2.45) is 0 Å². The summed E-state index contributed by atoms with van der Waals surface area (Å²) in [7, 11) is 1.83. The summed E-state index contributed by atoms with van der Waals surface area (Å²) in [6.07, 6.45) is 4.89. The van der Waals surface area contributed by atoms with Gasteiger partial charge in [-0.05, 0) is 43.0 Å². The van der Waals surface area contributed by atoms with E-state index in [0.717, 1.165) is 30.4 Å².